The SMILES string of the molecule is CC(=O)N1c2ccc(-c3ccc(S(C)(=O)=O)cc3)cc2N(C(=O)Nc2cccc(Cl)c2)CC1C. The summed E-state index contributed by atoms with van der Waals surface area (Å²) in [4.78, 5) is 29.2. The minimum atomic E-state index is -3.31. The molecule has 1 atom stereocenters. The van der Waals surface area contributed by atoms with E-state index < -0.39 is 9.84 Å². The van der Waals surface area contributed by atoms with Crippen molar-refractivity contribution in [3.8, 4) is 11.1 Å². The number of fused-ring (bicyclic) bond motifs is 1. The maximum absolute atomic E-state index is 13.3. The number of carbonyl (C=O) groups excluding carboxylic acids is 2. The molecule has 1 aliphatic heterocycles. The molecule has 0 aliphatic carbocycles. The summed E-state index contributed by atoms with van der Waals surface area (Å²) in [7, 11) is -3.31. The van der Waals surface area contributed by atoms with E-state index >= 15 is 0 Å². The van der Waals surface area contributed by atoms with Gasteiger partial charge in [0.25, 0.3) is 0 Å². The van der Waals surface area contributed by atoms with E-state index in [-0.39, 0.29) is 22.9 Å². The molecular formula is C25H24ClN3O4S. The highest BCUT2D eigenvalue weighted by Crippen LogP contribution is 2.39. The Bertz CT molecular complexity index is 1370. The van der Waals surface area contributed by atoms with Crippen LogP contribution in [0.15, 0.2) is 71.6 Å². The fraction of sp³-hybridized carbons (Fsp3) is 0.200. The van der Waals surface area contributed by atoms with Crippen LogP contribution in [-0.4, -0.2) is 39.2 Å². The first-order chi connectivity index (χ1) is 16.0. The Labute approximate surface area is 203 Å². The van der Waals surface area contributed by atoms with Crippen molar-refractivity contribution < 1.29 is 18.0 Å². The van der Waals surface area contributed by atoms with E-state index in [1.165, 1.54) is 6.92 Å². The van der Waals surface area contributed by atoms with Gasteiger partial charge in [-0.3, -0.25) is 9.69 Å². The summed E-state index contributed by atoms with van der Waals surface area (Å²) in [5, 5.41) is 3.38. The highest BCUT2D eigenvalue weighted by atomic mass is 35.5. The van der Waals surface area contributed by atoms with Crippen molar-refractivity contribution in [1.82, 2.24) is 0 Å². The summed E-state index contributed by atoms with van der Waals surface area (Å²) in [6.45, 7) is 3.69. The number of anilines is 3. The predicted molar refractivity (Wildman–Crippen MR) is 135 cm³/mol. The third kappa shape index (κ3) is 4.78. The average molecular weight is 498 g/mol. The van der Waals surface area contributed by atoms with E-state index in [4.69, 9.17) is 11.6 Å². The van der Waals surface area contributed by atoms with Crippen LogP contribution in [0.1, 0.15) is 13.8 Å². The average Bonchev–Trinajstić information content (AvgIpc) is 2.77. The van der Waals surface area contributed by atoms with E-state index in [0.29, 0.717) is 28.6 Å². The van der Waals surface area contributed by atoms with Gasteiger partial charge in [0.2, 0.25) is 5.91 Å². The quantitative estimate of drug-likeness (QED) is 0.538. The Kier molecular flexibility index (Phi) is 6.38. The number of benzene rings is 3. The lowest BCUT2D eigenvalue weighted by Crippen LogP contribution is -2.52. The maximum atomic E-state index is 13.3. The van der Waals surface area contributed by atoms with Crippen molar-refractivity contribution in [2.75, 3.05) is 27.9 Å². The second-order valence-electron chi connectivity index (χ2n) is 8.29. The summed E-state index contributed by atoms with van der Waals surface area (Å²) < 4.78 is 23.6. The highest BCUT2D eigenvalue weighted by Gasteiger charge is 2.34. The van der Waals surface area contributed by atoms with Gasteiger partial charge in [-0.05, 0) is 60.5 Å². The first-order valence-electron chi connectivity index (χ1n) is 10.6. The van der Waals surface area contributed by atoms with Crippen LogP contribution in [-0.2, 0) is 14.6 Å². The molecule has 0 bridgehead atoms. The van der Waals surface area contributed by atoms with Gasteiger partial charge in [-0.2, -0.15) is 0 Å². The minimum Gasteiger partial charge on any atom is -0.307 e. The molecule has 3 aromatic carbocycles. The molecule has 1 N–H and O–H groups in total. The van der Waals surface area contributed by atoms with E-state index in [1.807, 2.05) is 25.1 Å². The maximum Gasteiger partial charge on any atom is 0.326 e. The van der Waals surface area contributed by atoms with Gasteiger partial charge >= 0.3 is 6.03 Å². The molecule has 1 unspecified atom stereocenters. The van der Waals surface area contributed by atoms with Crippen LogP contribution < -0.4 is 15.1 Å². The minimum absolute atomic E-state index is 0.117. The molecule has 7 nitrogen and oxygen atoms in total. The van der Waals surface area contributed by atoms with Crippen LogP contribution in [0.25, 0.3) is 11.1 Å². The van der Waals surface area contributed by atoms with E-state index in [9.17, 15) is 18.0 Å². The van der Waals surface area contributed by atoms with Gasteiger partial charge in [0, 0.05) is 30.4 Å². The molecule has 0 radical (unpaired) electrons. The normalized spacial score (nSPS) is 15.6. The van der Waals surface area contributed by atoms with Crippen molar-refractivity contribution in [3.63, 3.8) is 0 Å². The lowest BCUT2D eigenvalue weighted by molar-refractivity contribution is -0.117. The molecule has 34 heavy (non-hydrogen) atoms. The fourth-order valence-electron chi connectivity index (χ4n) is 4.13. The monoisotopic (exact) mass is 497 g/mol. The molecule has 176 valence electrons. The van der Waals surface area contributed by atoms with Gasteiger partial charge in [0.1, 0.15) is 0 Å². The number of rotatable bonds is 3. The fourth-order valence-corrected chi connectivity index (χ4v) is 4.95. The third-order valence-electron chi connectivity index (χ3n) is 5.69. The number of halogens is 1. The number of sulfone groups is 1. The Morgan fingerprint density at radius 1 is 0.971 bits per heavy atom. The Morgan fingerprint density at radius 3 is 2.26 bits per heavy atom. The Morgan fingerprint density at radius 2 is 1.65 bits per heavy atom. The van der Waals surface area contributed by atoms with Gasteiger partial charge in [0.15, 0.2) is 9.84 Å². The molecule has 1 aliphatic rings. The molecule has 0 saturated heterocycles. The Hall–Kier alpha value is -3.36. The van der Waals surface area contributed by atoms with Gasteiger partial charge in [-0.15, -0.1) is 0 Å². The predicted octanol–water partition coefficient (Wildman–Crippen LogP) is 5.20. The standard InChI is InChI=1S/C25H24ClN3O4S/c1-16-15-28(25(31)27-21-6-4-5-20(26)14-21)24-13-19(9-12-23(24)29(16)17(2)30)18-7-10-22(11-8-18)34(3,32)33/h4-14,16H,15H2,1-3H3,(H,27,31). The summed E-state index contributed by atoms with van der Waals surface area (Å²) in [6.07, 6.45) is 1.16. The van der Waals surface area contributed by atoms with Gasteiger partial charge < -0.3 is 10.2 Å². The summed E-state index contributed by atoms with van der Waals surface area (Å²) in [5.41, 5.74) is 3.35. The van der Waals surface area contributed by atoms with E-state index in [0.717, 1.165) is 17.4 Å². The van der Waals surface area contributed by atoms with Crippen LogP contribution >= 0.6 is 11.6 Å². The van der Waals surface area contributed by atoms with Crippen molar-refractivity contribution in [2.45, 2.75) is 24.8 Å². The van der Waals surface area contributed by atoms with E-state index in [2.05, 4.69) is 5.32 Å². The molecular weight excluding hydrogens is 474 g/mol. The molecule has 1 heterocycles. The largest absolute Gasteiger partial charge is 0.326 e. The van der Waals surface area contributed by atoms with Crippen LogP contribution in [0.4, 0.5) is 21.9 Å². The zero-order valence-corrected chi connectivity index (χ0v) is 20.5. The molecule has 0 fully saturated rings. The number of hydrogen-bond acceptors (Lipinski definition) is 4. The van der Waals surface area contributed by atoms with Gasteiger partial charge in [0.05, 0.1) is 22.3 Å². The van der Waals surface area contributed by atoms with Crippen molar-refractivity contribution >= 4 is 50.4 Å². The number of urea groups is 1. The lowest BCUT2D eigenvalue weighted by atomic mass is 10.0. The molecule has 3 amide bonds. The summed E-state index contributed by atoms with van der Waals surface area (Å²) in [5.74, 6) is -0.117. The molecule has 3 aromatic rings. The zero-order valence-electron chi connectivity index (χ0n) is 18.9. The second kappa shape index (κ2) is 9.12. The van der Waals surface area contributed by atoms with Crippen LogP contribution in [0.2, 0.25) is 5.02 Å². The van der Waals surface area contributed by atoms with Gasteiger partial charge in [-0.25, -0.2) is 13.2 Å². The number of nitrogens with one attached hydrogen (secondary N) is 1. The first-order valence-corrected chi connectivity index (χ1v) is 12.9. The highest BCUT2D eigenvalue weighted by molar-refractivity contribution is 7.90. The topological polar surface area (TPSA) is 86.8 Å². The number of carbonyl (C=O) groups is 2. The molecule has 0 aromatic heterocycles. The number of hydrogen-bond donors (Lipinski definition) is 1. The molecule has 4 rings (SSSR count). The van der Waals surface area contributed by atoms with Gasteiger partial charge in [-0.1, -0.05) is 35.9 Å². The number of amides is 3. The molecule has 0 spiro atoms. The van der Waals surface area contributed by atoms with Crippen LogP contribution in [0, 0.1) is 0 Å². The van der Waals surface area contributed by atoms with Crippen molar-refractivity contribution in [2.24, 2.45) is 0 Å². The molecule has 0 saturated carbocycles. The third-order valence-corrected chi connectivity index (χ3v) is 7.05. The lowest BCUT2D eigenvalue weighted by Gasteiger charge is -2.40. The second-order valence-corrected chi connectivity index (χ2v) is 10.7. The number of nitrogens with zero attached hydrogens (tertiary/aromatic N) is 2. The van der Waals surface area contributed by atoms with Crippen LogP contribution in [0.5, 0.6) is 0 Å². The van der Waals surface area contributed by atoms with E-state index in [1.54, 1.807) is 58.3 Å². The zero-order chi connectivity index (χ0) is 24.6. The summed E-state index contributed by atoms with van der Waals surface area (Å²) in [6, 6.07) is 18.4. The van der Waals surface area contributed by atoms with Crippen LogP contribution in [0.3, 0.4) is 0 Å². The smallest absolute Gasteiger partial charge is 0.307 e. The van der Waals surface area contributed by atoms with Crippen molar-refractivity contribution in [1.29, 1.82) is 0 Å². The van der Waals surface area contributed by atoms with Crippen molar-refractivity contribution in [3.05, 3.63) is 71.8 Å². The summed E-state index contributed by atoms with van der Waals surface area (Å²) >= 11 is 6.05. The first kappa shape index (κ1) is 23.8. The Balaban J connectivity index is 1.75. The molecule has 9 heteroatoms.